The molecule has 2 amide bonds. The number of phenolic OH excluding ortho intramolecular Hbond substituents is 1. The monoisotopic (exact) mass is 452 g/mol. The minimum Gasteiger partial charge on any atom is -0.507 e. The highest BCUT2D eigenvalue weighted by atomic mass is 79.9. The van der Waals surface area contributed by atoms with Crippen LogP contribution in [0.4, 0.5) is 5.69 Å². The van der Waals surface area contributed by atoms with Gasteiger partial charge in [-0.05, 0) is 42.5 Å². The number of halogens is 2. The summed E-state index contributed by atoms with van der Waals surface area (Å²) in [5.74, 6) is -0.658. The van der Waals surface area contributed by atoms with Crippen LogP contribution >= 0.6 is 31.9 Å². The quantitative estimate of drug-likeness (QED) is 0.663. The first kappa shape index (κ1) is 18.4. The molecule has 2 aromatic rings. The molecule has 2 aromatic carbocycles. The average Bonchev–Trinajstić information content (AvgIpc) is 2.56. The lowest BCUT2D eigenvalue weighted by molar-refractivity contribution is -0.122. The molecule has 2 rings (SSSR count). The average molecular weight is 454 g/mol. The highest BCUT2D eigenvalue weighted by Gasteiger charge is 2.07. The predicted octanol–water partition coefficient (Wildman–Crippen LogP) is 4.28. The summed E-state index contributed by atoms with van der Waals surface area (Å²) in [5.41, 5.74) is 1.09. The van der Waals surface area contributed by atoms with Gasteiger partial charge < -0.3 is 10.4 Å². The standard InChI is InChI=1S/C17H14Br2N2O3/c18-12-1-4-14(5-2-12)21-17(24)8-7-16(23)20-10-11-9-13(19)3-6-15(11)22/h1-6,9-10,22H,7-8H2,(H,21,24). The third kappa shape index (κ3) is 5.90. The largest absolute Gasteiger partial charge is 0.507 e. The van der Waals surface area contributed by atoms with E-state index in [-0.39, 0.29) is 24.5 Å². The third-order valence-corrected chi connectivity index (χ3v) is 4.05. The molecular formula is C17H14Br2N2O3. The summed E-state index contributed by atoms with van der Waals surface area (Å²) < 4.78 is 1.68. The Hall–Kier alpha value is -1.99. The Morgan fingerprint density at radius 2 is 1.71 bits per heavy atom. The van der Waals surface area contributed by atoms with Crippen LogP contribution in [0.15, 0.2) is 56.4 Å². The minimum absolute atomic E-state index is 0.00632. The van der Waals surface area contributed by atoms with Crippen LogP contribution in [0.5, 0.6) is 5.75 Å². The topological polar surface area (TPSA) is 78.8 Å². The summed E-state index contributed by atoms with van der Waals surface area (Å²) in [7, 11) is 0. The lowest BCUT2D eigenvalue weighted by Crippen LogP contribution is -2.12. The molecule has 0 bridgehead atoms. The smallest absolute Gasteiger partial charge is 0.246 e. The van der Waals surface area contributed by atoms with E-state index in [1.165, 1.54) is 12.3 Å². The van der Waals surface area contributed by atoms with Crippen molar-refractivity contribution in [3.05, 3.63) is 57.0 Å². The second-order valence-electron chi connectivity index (χ2n) is 4.91. The number of aromatic hydroxyl groups is 1. The first-order valence-electron chi connectivity index (χ1n) is 7.05. The number of hydrogen-bond donors (Lipinski definition) is 2. The van der Waals surface area contributed by atoms with Crippen LogP contribution in [0.25, 0.3) is 0 Å². The van der Waals surface area contributed by atoms with Crippen molar-refractivity contribution < 1.29 is 14.7 Å². The Kier molecular flexibility index (Phi) is 6.69. The summed E-state index contributed by atoms with van der Waals surface area (Å²) in [6.45, 7) is 0. The molecule has 24 heavy (non-hydrogen) atoms. The maximum atomic E-state index is 11.8. The number of phenols is 1. The fourth-order valence-electron chi connectivity index (χ4n) is 1.81. The number of rotatable bonds is 5. The molecule has 7 heteroatoms. The molecule has 0 unspecified atom stereocenters. The molecule has 2 N–H and O–H groups in total. The van der Waals surface area contributed by atoms with Gasteiger partial charge in [-0.25, -0.2) is 4.99 Å². The van der Waals surface area contributed by atoms with Crippen LogP contribution in [0, 0.1) is 0 Å². The number of nitrogens with zero attached hydrogens (tertiary/aromatic N) is 1. The second kappa shape index (κ2) is 8.75. The Balaban J connectivity index is 1.84. The Morgan fingerprint density at radius 1 is 1.04 bits per heavy atom. The first-order valence-corrected chi connectivity index (χ1v) is 8.63. The van der Waals surface area contributed by atoms with Crippen molar-refractivity contribution in [2.24, 2.45) is 4.99 Å². The van der Waals surface area contributed by atoms with E-state index in [0.717, 1.165) is 8.95 Å². The Morgan fingerprint density at radius 3 is 2.42 bits per heavy atom. The third-order valence-electron chi connectivity index (χ3n) is 3.03. The van der Waals surface area contributed by atoms with Crippen LogP contribution in [0.2, 0.25) is 0 Å². The maximum Gasteiger partial charge on any atom is 0.246 e. The molecule has 0 spiro atoms. The van der Waals surface area contributed by atoms with Crippen molar-refractivity contribution in [1.82, 2.24) is 0 Å². The molecule has 0 saturated heterocycles. The fraction of sp³-hybridized carbons (Fsp3) is 0.118. The van der Waals surface area contributed by atoms with E-state index in [1.807, 2.05) is 12.1 Å². The molecule has 0 aliphatic rings. The highest BCUT2D eigenvalue weighted by Crippen LogP contribution is 2.20. The van der Waals surface area contributed by atoms with Gasteiger partial charge >= 0.3 is 0 Å². The van der Waals surface area contributed by atoms with Crippen LogP contribution in [-0.4, -0.2) is 23.1 Å². The van der Waals surface area contributed by atoms with Crippen LogP contribution in [0.3, 0.4) is 0 Å². The highest BCUT2D eigenvalue weighted by molar-refractivity contribution is 9.10. The molecule has 0 heterocycles. The minimum atomic E-state index is -0.430. The zero-order valence-electron chi connectivity index (χ0n) is 12.5. The molecule has 0 aromatic heterocycles. The van der Waals surface area contributed by atoms with Crippen molar-refractivity contribution >= 4 is 55.6 Å². The van der Waals surface area contributed by atoms with Gasteiger partial charge in [0.15, 0.2) is 0 Å². The van der Waals surface area contributed by atoms with E-state index in [0.29, 0.717) is 11.3 Å². The van der Waals surface area contributed by atoms with Crippen LogP contribution < -0.4 is 5.32 Å². The van der Waals surface area contributed by atoms with Crippen molar-refractivity contribution in [3.8, 4) is 5.75 Å². The lowest BCUT2D eigenvalue weighted by atomic mass is 10.2. The SMILES string of the molecule is O=C(CCC(=O)Nc1ccc(Br)cc1)N=Cc1cc(Br)ccc1O. The van der Waals surface area contributed by atoms with E-state index >= 15 is 0 Å². The summed E-state index contributed by atoms with van der Waals surface area (Å²) >= 11 is 6.59. The number of benzene rings is 2. The van der Waals surface area contributed by atoms with Crippen molar-refractivity contribution in [3.63, 3.8) is 0 Å². The van der Waals surface area contributed by atoms with Crippen molar-refractivity contribution in [2.75, 3.05) is 5.32 Å². The van der Waals surface area contributed by atoms with Gasteiger partial charge in [-0.15, -0.1) is 0 Å². The summed E-state index contributed by atoms with van der Waals surface area (Å²) in [5, 5.41) is 12.4. The lowest BCUT2D eigenvalue weighted by Gasteiger charge is -2.04. The molecule has 124 valence electrons. The van der Waals surface area contributed by atoms with Crippen molar-refractivity contribution in [2.45, 2.75) is 12.8 Å². The summed E-state index contributed by atoms with van der Waals surface area (Å²) in [6.07, 6.45) is 1.32. The van der Waals surface area contributed by atoms with Gasteiger partial charge in [0, 0.05) is 39.3 Å². The number of carbonyl (C=O) groups is 2. The van der Waals surface area contributed by atoms with Gasteiger partial charge in [0.2, 0.25) is 11.8 Å². The van der Waals surface area contributed by atoms with Gasteiger partial charge in [0.1, 0.15) is 5.75 Å². The maximum absolute atomic E-state index is 11.8. The summed E-state index contributed by atoms with van der Waals surface area (Å²) in [6, 6.07) is 12.0. The van der Waals surface area contributed by atoms with Gasteiger partial charge in [-0.2, -0.15) is 0 Å². The normalized spacial score (nSPS) is 10.8. The number of anilines is 1. The molecule has 0 fully saturated rings. The van der Waals surface area contributed by atoms with Crippen LogP contribution in [0.1, 0.15) is 18.4 Å². The number of nitrogens with one attached hydrogen (secondary N) is 1. The Bertz CT molecular complexity index is 774. The molecule has 0 saturated carbocycles. The predicted molar refractivity (Wildman–Crippen MR) is 100 cm³/mol. The van der Waals surface area contributed by atoms with E-state index in [1.54, 1.807) is 24.3 Å². The molecule has 0 radical (unpaired) electrons. The first-order chi connectivity index (χ1) is 11.4. The fourth-order valence-corrected chi connectivity index (χ4v) is 2.46. The number of aliphatic imine (C=N–C) groups is 1. The van der Waals surface area contributed by atoms with Gasteiger partial charge in [0.25, 0.3) is 0 Å². The van der Waals surface area contributed by atoms with Crippen molar-refractivity contribution in [1.29, 1.82) is 0 Å². The number of carbonyl (C=O) groups excluding carboxylic acids is 2. The second-order valence-corrected chi connectivity index (χ2v) is 6.74. The van der Waals surface area contributed by atoms with Gasteiger partial charge in [-0.1, -0.05) is 31.9 Å². The van der Waals surface area contributed by atoms with E-state index in [4.69, 9.17) is 0 Å². The molecular weight excluding hydrogens is 440 g/mol. The zero-order chi connectivity index (χ0) is 17.5. The van der Waals surface area contributed by atoms with E-state index in [9.17, 15) is 14.7 Å². The van der Waals surface area contributed by atoms with Crippen LogP contribution in [-0.2, 0) is 9.59 Å². The van der Waals surface area contributed by atoms with Gasteiger partial charge in [-0.3, -0.25) is 9.59 Å². The molecule has 0 aliphatic heterocycles. The van der Waals surface area contributed by atoms with E-state index < -0.39 is 5.91 Å². The zero-order valence-corrected chi connectivity index (χ0v) is 15.7. The molecule has 5 nitrogen and oxygen atoms in total. The Labute approximate surface area is 156 Å². The van der Waals surface area contributed by atoms with Gasteiger partial charge in [0.05, 0.1) is 0 Å². The number of hydrogen-bond acceptors (Lipinski definition) is 3. The molecule has 0 atom stereocenters. The summed E-state index contributed by atoms with van der Waals surface area (Å²) in [4.78, 5) is 27.3. The molecule has 0 aliphatic carbocycles. The van der Waals surface area contributed by atoms with E-state index in [2.05, 4.69) is 42.2 Å². The number of amides is 2.